The number of nitrogens with zero attached hydrogens (tertiary/aromatic N) is 4. The molecule has 2 aliphatic rings. The summed E-state index contributed by atoms with van der Waals surface area (Å²) in [5.74, 6) is 2.70. The van der Waals surface area contributed by atoms with Crippen molar-refractivity contribution < 1.29 is 4.79 Å². The van der Waals surface area contributed by atoms with E-state index in [0.29, 0.717) is 18.2 Å². The van der Waals surface area contributed by atoms with Crippen LogP contribution in [0.1, 0.15) is 43.7 Å². The molecule has 1 fully saturated rings. The largest absolute Gasteiger partial charge is 0.370 e. The molecule has 0 aliphatic carbocycles. The van der Waals surface area contributed by atoms with Crippen LogP contribution in [0.3, 0.4) is 0 Å². The lowest BCUT2D eigenvalue weighted by molar-refractivity contribution is -0.132. The molecule has 2 aliphatic heterocycles. The fourth-order valence-corrected chi connectivity index (χ4v) is 4.50. The zero-order chi connectivity index (χ0) is 20.1. The number of carbonyl (C=O) groups is 1. The molecule has 3 heterocycles. The Morgan fingerprint density at radius 2 is 2.07 bits per heavy atom. The van der Waals surface area contributed by atoms with Gasteiger partial charge in [-0.15, -0.1) is 0 Å². The molecule has 1 N–H and O–H groups in total. The van der Waals surface area contributed by atoms with Gasteiger partial charge in [0.25, 0.3) is 0 Å². The lowest BCUT2D eigenvalue weighted by Crippen LogP contribution is -2.38. The Hall–Kier alpha value is -2.63. The number of aromatic nitrogens is 2. The van der Waals surface area contributed by atoms with Gasteiger partial charge < -0.3 is 15.1 Å². The minimum absolute atomic E-state index is 0.299. The van der Waals surface area contributed by atoms with Gasteiger partial charge in [0.1, 0.15) is 18.0 Å². The van der Waals surface area contributed by atoms with E-state index in [1.54, 1.807) is 6.33 Å². The van der Waals surface area contributed by atoms with E-state index in [0.717, 1.165) is 63.6 Å². The number of nitrogens with one attached hydrogen (secondary N) is 1. The molecule has 1 amide bonds. The van der Waals surface area contributed by atoms with Crippen molar-refractivity contribution in [1.82, 2.24) is 14.9 Å². The molecule has 6 nitrogen and oxygen atoms in total. The number of hydrogen-bond acceptors (Lipinski definition) is 5. The van der Waals surface area contributed by atoms with Crippen molar-refractivity contribution in [3.8, 4) is 0 Å². The van der Waals surface area contributed by atoms with Crippen LogP contribution in [0.25, 0.3) is 0 Å². The number of rotatable bonds is 6. The van der Waals surface area contributed by atoms with E-state index in [1.807, 2.05) is 11.0 Å². The summed E-state index contributed by atoms with van der Waals surface area (Å²) >= 11 is 0. The summed E-state index contributed by atoms with van der Waals surface area (Å²) in [6.07, 6.45) is 6.55. The first kappa shape index (κ1) is 19.7. The third-order valence-corrected chi connectivity index (χ3v) is 6.10. The van der Waals surface area contributed by atoms with Gasteiger partial charge in [-0.05, 0) is 49.7 Å². The molecule has 0 spiro atoms. The molecule has 1 aromatic heterocycles. The maximum absolute atomic E-state index is 12.8. The molecule has 0 bridgehead atoms. The maximum atomic E-state index is 12.8. The van der Waals surface area contributed by atoms with E-state index in [-0.39, 0.29) is 0 Å². The highest BCUT2D eigenvalue weighted by Gasteiger charge is 2.24. The molecule has 2 aromatic rings. The van der Waals surface area contributed by atoms with E-state index >= 15 is 0 Å². The van der Waals surface area contributed by atoms with E-state index < -0.39 is 0 Å². The molecular formula is C23H31N5O. The number of benzene rings is 1. The Kier molecular flexibility index (Phi) is 6.27. The van der Waals surface area contributed by atoms with Crippen molar-refractivity contribution >= 4 is 17.5 Å². The smallest absolute Gasteiger partial charge is 0.222 e. The van der Waals surface area contributed by atoms with E-state index in [9.17, 15) is 4.79 Å². The summed E-state index contributed by atoms with van der Waals surface area (Å²) < 4.78 is 0. The first-order chi connectivity index (χ1) is 14.2. The van der Waals surface area contributed by atoms with E-state index in [4.69, 9.17) is 0 Å². The molecule has 1 unspecified atom stereocenters. The zero-order valence-corrected chi connectivity index (χ0v) is 17.3. The first-order valence-electron chi connectivity index (χ1n) is 10.9. The fourth-order valence-electron chi connectivity index (χ4n) is 4.50. The van der Waals surface area contributed by atoms with Gasteiger partial charge in [0.2, 0.25) is 5.91 Å². The van der Waals surface area contributed by atoms with Gasteiger partial charge in [0.05, 0.1) is 0 Å². The lowest BCUT2D eigenvalue weighted by Gasteiger charge is -2.34. The Morgan fingerprint density at radius 3 is 2.93 bits per heavy atom. The van der Waals surface area contributed by atoms with Crippen molar-refractivity contribution in [3.05, 3.63) is 47.8 Å². The number of piperidine rings is 1. The van der Waals surface area contributed by atoms with Gasteiger partial charge in [-0.1, -0.05) is 24.3 Å². The van der Waals surface area contributed by atoms with Gasteiger partial charge in [0, 0.05) is 45.2 Å². The average molecular weight is 394 g/mol. The minimum atomic E-state index is 0.299. The van der Waals surface area contributed by atoms with Gasteiger partial charge in [0.15, 0.2) is 0 Å². The number of anilines is 2. The van der Waals surface area contributed by atoms with Crippen molar-refractivity contribution in [2.24, 2.45) is 5.92 Å². The molecule has 1 atom stereocenters. The molecule has 1 aromatic carbocycles. The quantitative estimate of drug-likeness (QED) is 0.814. The molecule has 29 heavy (non-hydrogen) atoms. The molecule has 0 saturated carbocycles. The molecule has 0 radical (unpaired) electrons. The second-order valence-corrected chi connectivity index (χ2v) is 8.12. The molecule has 154 valence electrons. The Labute approximate surface area is 173 Å². The normalized spacial score (nSPS) is 19.0. The number of carbonyl (C=O) groups excluding carboxylic acids is 1. The predicted octanol–water partition coefficient (Wildman–Crippen LogP) is 3.49. The van der Waals surface area contributed by atoms with Crippen LogP contribution in [0.2, 0.25) is 0 Å². The van der Waals surface area contributed by atoms with Crippen LogP contribution in [-0.2, 0) is 17.8 Å². The standard InChI is InChI=1S/C23H31N5O/c1-2-24-21-14-22(26-17-25-21)27-12-5-6-18(15-27)9-10-23(29)28-13-11-19-7-3-4-8-20(19)16-28/h3-4,7-8,14,17-18H,2,5-6,9-13,15-16H2,1H3,(H,24,25,26). The number of hydrogen-bond donors (Lipinski definition) is 1. The van der Waals surface area contributed by atoms with Gasteiger partial charge in [-0.2, -0.15) is 0 Å². The van der Waals surface area contributed by atoms with Crippen LogP contribution < -0.4 is 10.2 Å². The molecular weight excluding hydrogens is 362 g/mol. The predicted molar refractivity (Wildman–Crippen MR) is 116 cm³/mol. The summed E-state index contributed by atoms with van der Waals surface area (Å²) in [5, 5.41) is 3.25. The Morgan fingerprint density at radius 1 is 1.21 bits per heavy atom. The van der Waals surface area contributed by atoms with Gasteiger partial charge >= 0.3 is 0 Å². The second kappa shape index (κ2) is 9.25. The van der Waals surface area contributed by atoms with Crippen molar-refractivity contribution in [3.63, 3.8) is 0 Å². The summed E-state index contributed by atoms with van der Waals surface area (Å²) in [5.41, 5.74) is 2.69. The monoisotopic (exact) mass is 393 g/mol. The van der Waals surface area contributed by atoms with Crippen LogP contribution in [0, 0.1) is 5.92 Å². The van der Waals surface area contributed by atoms with Crippen LogP contribution in [0.15, 0.2) is 36.7 Å². The second-order valence-electron chi connectivity index (χ2n) is 8.12. The number of fused-ring (bicyclic) bond motifs is 1. The minimum Gasteiger partial charge on any atom is -0.370 e. The van der Waals surface area contributed by atoms with Crippen LogP contribution in [-0.4, -0.2) is 47.0 Å². The maximum Gasteiger partial charge on any atom is 0.222 e. The summed E-state index contributed by atoms with van der Waals surface area (Å²) in [6.45, 7) is 6.52. The molecule has 6 heteroatoms. The van der Waals surface area contributed by atoms with Gasteiger partial charge in [-0.3, -0.25) is 4.79 Å². The topological polar surface area (TPSA) is 61.4 Å². The molecule has 4 rings (SSSR count). The van der Waals surface area contributed by atoms with E-state index in [1.165, 1.54) is 17.5 Å². The highest BCUT2D eigenvalue weighted by molar-refractivity contribution is 5.76. The van der Waals surface area contributed by atoms with Crippen LogP contribution >= 0.6 is 0 Å². The Bertz CT molecular complexity index is 840. The highest BCUT2D eigenvalue weighted by Crippen LogP contribution is 2.26. The number of amides is 1. The van der Waals surface area contributed by atoms with Crippen molar-refractivity contribution in [2.45, 2.75) is 45.6 Å². The van der Waals surface area contributed by atoms with E-state index in [2.05, 4.69) is 51.4 Å². The van der Waals surface area contributed by atoms with Gasteiger partial charge in [-0.25, -0.2) is 9.97 Å². The lowest BCUT2D eigenvalue weighted by atomic mass is 9.92. The SMILES string of the molecule is CCNc1cc(N2CCCC(CCC(=O)N3CCc4ccccc4C3)C2)ncn1. The summed E-state index contributed by atoms with van der Waals surface area (Å²) in [6, 6.07) is 10.5. The fraction of sp³-hybridized carbons (Fsp3) is 0.522. The molecule has 1 saturated heterocycles. The van der Waals surface area contributed by atoms with Crippen molar-refractivity contribution in [1.29, 1.82) is 0 Å². The third kappa shape index (κ3) is 4.86. The summed E-state index contributed by atoms with van der Waals surface area (Å²) in [4.78, 5) is 25.9. The van der Waals surface area contributed by atoms with Crippen LogP contribution in [0.4, 0.5) is 11.6 Å². The van der Waals surface area contributed by atoms with Crippen molar-refractivity contribution in [2.75, 3.05) is 36.4 Å². The summed E-state index contributed by atoms with van der Waals surface area (Å²) in [7, 11) is 0. The third-order valence-electron chi connectivity index (χ3n) is 6.10. The Balaban J connectivity index is 1.30. The highest BCUT2D eigenvalue weighted by atomic mass is 16.2. The van der Waals surface area contributed by atoms with Crippen LogP contribution in [0.5, 0.6) is 0 Å². The zero-order valence-electron chi connectivity index (χ0n) is 17.3. The average Bonchev–Trinajstić information content (AvgIpc) is 2.78. The first-order valence-corrected chi connectivity index (χ1v) is 10.9.